The van der Waals surface area contributed by atoms with Gasteiger partial charge in [-0.1, -0.05) is 17.7 Å². The monoisotopic (exact) mass is 306 g/mol. The van der Waals surface area contributed by atoms with Crippen LogP contribution in [-0.4, -0.2) is 20.5 Å². The van der Waals surface area contributed by atoms with Crippen LogP contribution < -0.4 is 5.32 Å². The largest absolute Gasteiger partial charge is 0.296 e. The van der Waals surface area contributed by atoms with Crippen LogP contribution in [0.5, 0.6) is 0 Å². The molecule has 0 atom stereocenters. The average Bonchev–Trinajstić information content (AvgIpc) is 2.91. The highest BCUT2D eigenvalue weighted by Gasteiger charge is 2.19. The van der Waals surface area contributed by atoms with E-state index < -0.39 is 0 Å². The van der Waals surface area contributed by atoms with E-state index in [0.29, 0.717) is 15.7 Å². The summed E-state index contributed by atoms with van der Waals surface area (Å²) in [5.74, 6) is -0.354. The van der Waals surface area contributed by atoms with E-state index in [1.54, 1.807) is 10.7 Å². The molecule has 3 aromatic rings. The molecule has 5 nitrogen and oxygen atoms in total. The first-order chi connectivity index (χ1) is 9.56. The van der Waals surface area contributed by atoms with Crippen molar-refractivity contribution in [2.24, 2.45) is 0 Å². The molecule has 0 unspecified atom stereocenters. The minimum atomic E-state index is -0.354. The number of amides is 1. The van der Waals surface area contributed by atoms with Crippen LogP contribution in [0, 0.1) is 13.8 Å². The van der Waals surface area contributed by atoms with E-state index in [9.17, 15) is 4.79 Å². The summed E-state index contributed by atoms with van der Waals surface area (Å²) in [4.78, 5) is 17.6. The highest BCUT2D eigenvalue weighted by Crippen LogP contribution is 2.25. The lowest BCUT2D eigenvalue weighted by Crippen LogP contribution is -2.13. The number of rotatable bonds is 2. The fourth-order valence-electron chi connectivity index (χ4n) is 1.80. The lowest BCUT2D eigenvalue weighted by atomic mass is 10.3. The molecule has 0 saturated carbocycles. The number of halogens is 1. The third-order valence-electron chi connectivity index (χ3n) is 2.94. The third-order valence-corrected chi connectivity index (χ3v) is 4.30. The number of carbonyl (C=O) groups excluding carboxylic acids is 1. The van der Waals surface area contributed by atoms with Gasteiger partial charge in [0.15, 0.2) is 10.8 Å². The molecule has 1 amide bonds. The number of anilines is 1. The van der Waals surface area contributed by atoms with Gasteiger partial charge in [0.1, 0.15) is 0 Å². The van der Waals surface area contributed by atoms with Crippen LogP contribution in [0.25, 0.3) is 5.52 Å². The Kier molecular flexibility index (Phi) is 3.19. The number of aryl methyl sites for hydroxylation is 2. The first-order valence-corrected chi connectivity index (χ1v) is 7.14. The SMILES string of the molecule is Cc1nc(NC(=O)c2nn3ccccc3c2Cl)sc1C. The lowest BCUT2D eigenvalue weighted by molar-refractivity contribution is 0.102. The standard InChI is InChI=1S/C13H11ClN4OS/c1-7-8(2)20-13(15-7)16-12(19)11-10(14)9-5-3-4-6-18(9)17-11/h3-6H,1-2H3,(H,15,16,19). The predicted octanol–water partition coefficient (Wildman–Crippen LogP) is 3.31. The Labute approximate surface area is 124 Å². The maximum atomic E-state index is 12.2. The Balaban J connectivity index is 1.94. The lowest BCUT2D eigenvalue weighted by Gasteiger charge is -1.97. The Morgan fingerprint density at radius 2 is 2.20 bits per heavy atom. The van der Waals surface area contributed by atoms with Gasteiger partial charge in [-0.15, -0.1) is 11.3 Å². The second-order valence-corrected chi connectivity index (χ2v) is 5.89. The minimum absolute atomic E-state index is 0.198. The summed E-state index contributed by atoms with van der Waals surface area (Å²) in [5.41, 5.74) is 1.81. The summed E-state index contributed by atoms with van der Waals surface area (Å²) < 4.78 is 1.58. The Morgan fingerprint density at radius 1 is 1.40 bits per heavy atom. The number of nitrogens with one attached hydrogen (secondary N) is 1. The van der Waals surface area contributed by atoms with Crippen molar-refractivity contribution in [3.05, 3.63) is 45.7 Å². The fourth-order valence-corrected chi connectivity index (χ4v) is 2.88. The molecule has 0 spiro atoms. The van der Waals surface area contributed by atoms with Gasteiger partial charge in [0.05, 0.1) is 16.2 Å². The zero-order chi connectivity index (χ0) is 14.3. The van der Waals surface area contributed by atoms with Crippen molar-refractivity contribution in [3.8, 4) is 0 Å². The van der Waals surface area contributed by atoms with Crippen molar-refractivity contribution in [2.75, 3.05) is 5.32 Å². The van der Waals surface area contributed by atoms with Crippen molar-refractivity contribution < 1.29 is 4.79 Å². The molecule has 1 N–H and O–H groups in total. The number of fused-ring (bicyclic) bond motifs is 1. The van der Waals surface area contributed by atoms with Gasteiger partial charge < -0.3 is 0 Å². The molecule has 20 heavy (non-hydrogen) atoms. The Hall–Kier alpha value is -1.92. The van der Waals surface area contributed by atoms with Gasteiger partial charge in [-0.05, 0) is 26.0 Å². The van der Waals surface area contributed by atoms with Crippen LogP contribution in [0.15, 0.2) is 24.4 Å². The molecule has 0 aliphatic rings. The zero-order valence-electron chi connectivity index (χ0n) is 10.8. The van der Waals surface area contributed by atoms with Gasteiger partial charge in [-0.2, -0.15) is 5.10 Å². The first-order valence-electron chi connectivity index (χ1n) is 5.94. The molecule has 0 bridgehead atoms. The summed E-state index contributed by atoms with van der Waals surface area (Å²) in [7, 11) is 0. The van der Waals surface area contributed by atoms with E-state index in [1.807, 2.05) is 32.0 Å². The quantitative estimate of drug-likeness (QED) is 0.790. The van der Waals surface area contributed by atoms with E-state index in [-0.39, 0.29) is 11.6 Å². The molecule has 0 fully saturated rings. The van der Waals surface area contributed by atoms with Crippen molar-refractivity contribution in [2.45, 2.75) is 13.8 Å². The molecule has 0 aliphatic carbocycles. The fraction of sp³-hybridized carbons (Fsp3) is 0.154. The van der Waals surface area contributed by atoms with E-state index in [1.165, 1.54) is 11.3 Å². The van der Waals surface area contributed by atoms with Crippen LogP contribution in [0.3, 0.4) is 0 Å². The van der Waals surface area contributed by atoms with Crippen LogP contribution in [-0.2, 0) is 0 Å². The van der Waals surface area contributed by atoms with Crippen molar-refractivity contribution >= 4 is 39.5 Å². The van der Waals surface area contributed by atoms with Crippen LogP contribution in [0.4, 0.5) is 5.13 Å². The topological polar surface area (TPSA) is 59.3 Å². The minimum Gasteiger partial charge on any atom is -0.296 e. The number of carbonyl (C=O) groups is 1. The highest BCUT2D eigenvalue weighted by molar-refractivity contribution is 7.15. The van der Waals surface area contributed by atoms with E-state index in [0.717, 1.165) is 10.6 Å². The first kappa shape index (κ1) is 13.1. The van der Waals surface area contributed by atoms with Gasteiger partial charge in [0.25, 0.3) is 5.91 Å². The highest BCUT2D eigenvalue weighted by atomic mass is 35.5. The number of aromatic nitrogens is 3. The summed E-state index contributed by atoms with van der Waals surface area (Å²) in [6.45, 7) is 3.86. The molecule has 3 rings (SSSR count). The summed E-state index contributed by atoms with van der Waals surface area (Å²) in [6, 6.07) is 5.48. The second kappa shape index (κ2) is 4.88. The zero-order valence-corrected chi connectivity index (χ0v) is 12.4. The van der Waals surface area contributed by atoms with Crippen molar-refractivity contribution in [1.82, 2.24) is 14.6 Å². The smallest absolute Gasteiger partial charge is 0.279 e. The van der Waals surface area contributed by atoms with E-state index in [4.69, 9.17) is 11.6 Å². The molecule has 102 valence electrons. The molecule has 7 heteroatoms. The molecular weight excluding hydrogens is 296 g/mol. The maximum Gasteiger partial charge on any atom is 0.279 e. The summed E-state index contributed by atoms with van der Waals surface area (Å²) in [5, 5.41) is 7.81. The maximum absolute atomic E-state index is 12.2. The van der Waals surface area contributed by atoms with Crippen molar-refractivity contribution in [1.29, 1.82) is 0 Å². The van der Waals surface area contributed by atoms with Crippen LogP contribution >= 0.6 is 22.9 Å². The van der Waals surface area contributed by atoms with Crippen molar-refractivity contribution in [3.63, 3.8) is 0 Å². The van der Waals surface area contributed by atoms with E-state index in [2.05, 4.69) is 15.4 Å². The molecule has 3 aromatic heterocycles. The predicted molar refractivity (Wildman–Crippen MR) is 79.7 cm³/mol. The molecule has 0 aromatic carbocycles. The number of hydrogen-bond acceptors (Lipinski definition) is 4. The average molecular weight is 307 g/mol. The Bertz CT molecular complexity index is 788. The Morgan fingerprint density at radius 3 is 2.85 bits per heavy atom. The normalized spacial score (nSPS) is 10.9. The molecule has 0 radical (unpaired) electrons. The summed E-state index contributed by atoms with van der Waals surface area (Å²) >= 11 is 7.62. The number of thiazole rings is 1. The summed E-state index contributed by atoms with van der Waals surface area (Å²) in [6.07, 6.45) is 1.75. The van der Waals surface area contributed by atoms with Gasteiger partial charge >= 0.3 is 0 Å². The molecular formula is C13H11ClN4OS. The molecule has 0 aliphatic heterocycles. The van der Waals surface area contributed by atoms with E-state index >= 15 is 0 Å². The molecule has 3 heterocycles. The molecule has 0 saturated heterocycles. The number of pyridine rings is 1. The van der Waals surface area contributed by atoms with Gasteiger partial charge in [-0.3, -0.25) is 10.1 Å². The van der Waals surface area contributed by atoms with Crippen LogP contribution in [0.2, 0.25) is 5.02 Å². The van der Waals surface area contributed by atoms with Crippen LogP contribution in [0.1, 0.15) is 21.1 Å². The second-order valence-electron chi connectivity index (χ2n) is 4.31. The van der Waals surface area contributed by atoms with Gasteiger partial charge in [-0.25, -0.2) is 9.50 Å². The van der Waals surface area contributed by atoms with Gasteiger partial charge in [0, 0.05) is 11.1 Å². The third kappa shape index (κ3) is 2.17. The number of hydrogen-bond donors (Lipinski definition) is 1. The number of nitrogens with zero attached hydrogens (tertiary/aromatic N) is 3. The van der Waals surface area contributed by atoms with Gasteiger partial charge in [0.2, 0.25) is 0 Å².